The zero-order chi connectivity index (χ0) is 15.4. The topological polar surface area (TPSA) is 62.2 Å². The number of anilines is 1. The number of aliphatic hydroxyl groups excluding tert-OH is 1. The first-order valence-corrected chi connectivity index (χ1v) is 9.33. The van der Waals surface area contributed by atoms with Gasteiger partial charge in [-0.05, 0) is 54.7 Å². The molecule has 0 aliphatic heterocycles. The van der Waals surface area contributed by atoms with E-state index in [0.29, 0.717) is 18.2 Å². The average Bonchev–Trinajstić information content (AvgIpc) is 3.10. The minimum absolute atomic E-state index is 0.102. The van der Waals surface area contributed by atoms with Gasteiger partial charge in [0.15, 0.2) is 0 Å². The van der Waals surface area contributed by atoms with Crippen LogP contribution in [0.3, 0.4) is 0 Å². The van der Waals surface area contributed by atoms with Crippen molar-refractivity contribution in [2.24, 2.45) is 17.8 Å². The molecule has 5 heteroatoms. The number of thioether (sulfide) groups is 1. The molecule has 0 spiro atoms. The van der Waals surface area contributed by atoms with Crippen LogP contribution < -0.4 is 5.32 Å². The van der Waals surface area contributed by atoms with Gasteiger partial charge in [-0.3, -0.25) is 4.79 Å². The molecule has 4 nitrogen and oxygen atoms in total. The highest BCUT2D eigenvalue weighted by atomic mass is 32.2. The molecule has 2 aliphatic carbocycles. The molecule has 3 atom stereocenters. The molecule has 0 aromatic carbocycles. The van der Waals surface area contributed by atoms with Crippen LogP contribution in [-0.2, 0) is 10.5 Å². The summed E-state index contributed by atoms with van der Waals surface area (Å²) in [6.45, 7) is 0.197. The van der Waals surface area contributed by atoms with Crippen LogP contribution in [0.15, 0.2) is 18.3 Å². The largest absolute Gasteiger partial charge is 0.396 e. The van der Waals surface area contributed by atoms with Crippen molar-refractivity contribution in [3.05, 3.63) is 23.9 Å². The van der Waals surface area contributed by atoms with Gasteiger partial charge in [0.05, 0.1) is 6.61 Å². The van der Waals surface area contributed by atoms with Gasteiger partial charge in [-0.15, -0.1) is 0 Å². The van der Waals surface area contributed by atoms with Gasteiger partial charge in [0, 0.05) is 24.1 Å². The number of rotatable bonds is 7. The van der Waals surface area contributed by atoms with Crippen molar-refractivity contribution in [2.75, 3.05) is 17.7 Å². The summed E-state index contributed by atoms with van der Waals surface area (Å²) >= 11 is 1.68. The Bertz CT molecular complexity index is 523. The molecule has 1 amide bonds. The van der Waals surface area contributed by atoms with Crippen molar-refractivity contribution in [2.45, 2.75) is 37.9 Å². The summed E-state index contributed by atoms with van der Waals surface area (Å²) in [6.07, 6.45) is 7.65. The maximum Gasteiger partial charge on any atom is 0.225 e. The predicted octanol–water partition coefficient (Wildman–Crippen LogP) is 3.07. The van der Waals surface area contributed by atoms with E-state index in [1.165, 1.54) is 25.7 Å². The smallest absolute Gasteiger partial charge is 0.225 e. The van der Waals surface area contributed by atoms with Crippen molar-refractivity contribution in [3.8, 4) is 0 Å². The second-order valence-corrected chi connectivity index (χ2v) is 7.62. The SMILES string of the molecule is O=C(CC1CC2CCC1C2)Nc1cc(CSCCO)ccn1. The Morgan fingerprint density at radius 1 is 1.41 bits per heavy atom. The molecular formula is C17H24N2O2S. The summed E-state index contributed by atoms with van der Waals surface area (Å²) in [5.41, 5.74) is 1.13. The number of hydrogen-bond acceptors (Lipinski definition) is 4. The molecule has 22 heavy (non-hydrogen) atoms. The van der Waals surface area contributed by atoms with E-state index in [9.17, 15) is 4.79 Å². The van der Waals surface area contributed by atoms with E-state index in [4.69, 9.17) is 5.11 Å². The minimum Gasteiger partial charge on any atom is -0.396 e. The first kappa shape index (κ1) is 15.8. The van der Waals surface area contributed by atoms with E-state index in [2.05, 4.69) is 10.3 Å². The highest BCUT2D eigenvalue weighted by Gasteiger charge is 2.40. The number of aromatic nitrogens is 1. The summed E-state index contributed by atoms with van der Waals surface area (Å²) in [5, 5.41) is 11.8. The molecule has 3 rings (SSSR count). The van der Waals surface area contributed by atoms with Crippen LogP contribution in [0, 0.1) is 17.8 Å². The molecule has 1 aromatic heterocycles. The first-order chi connectivity index (χ1) is 10.7. The number of carbonyl (C=O) groups excluding carboxylic acids is 1. The molecular weight excluding hydrogens is 296 g/mol. The van der Waals surface area contributed by atoms with E-state index in [0.717, 1.165) is 28.9 Å². The van der Waals surface area contributed by atoms with Crippen molar-refractivity contribution >= 4 is 23.5 Å². The number of hydrogen-bond donors (Lipinski definition) is 2. The van der Waals surface area contributed by atoms with Crippen LogP contribution in [-0.4, -0.2) is 28.4 Å². The molecule has 3 unspecified atom stereocenters. The monoisotopic (exact) mass is 320 g/mol. The van der Waals surface area contributed by atoms with Gasteiger partial charge in [0.1, 0.15) is 5.82 Å². The van der Waals surface area contributed by atoms with Crippen molar-refractivity contribution in [1.82, 2.24) is 4.98 Å². The van der Waals surface area contributed by atoms with E-state index in [-0.39, 0.29) is 12.5 Å². The van der Waals surface area contributed by atoms with E-state index in [1.54, 1.807) is 18.0 Å². The predicted molar refractivity (Wildman–Crippen MR) is 89.7 cm³/mol. The van der Waals surface area contributed by atoms with Gasteiger partial charge in [0.2, 0.25) is 5.91 Å². The van der Waals surface area contributed by atoms with Crippen molar-refractivity contribution in [3.63, 3.8) is 0 Å². The van der Waals surface area contributed by atoms with E-state index >= 15 is 0 Å². The quantitative estimate of drug-likeness (QED) is 0.758. The van der Waals surface area contributed by atoms with Crippen LogP contribution in [0.1, 0.15) is 37.7 Å². The Hall–Kier alpha value is -1.07. The molecule has 2 bridgehead atoms. The Morgan fingerprint density at radius 2 is 2.32 bits per heavy atom. The van der Waals surface area contributed by atoms with Crippen LogP contribution >= 0.6 is 11.8 Å². The summed E-state index contributed by atoms with van der Waals surface area (Å²) in [6, 6.07) is 3.89. The number of fused-ring (bicyclic) bond motifs is 2. The normalized spacial score (nSPS) is 26.3. The highest BCUT2D eigenvalue weighted by Crippen LogP contribution is 2.49. The number of carbonyl (C=O) groups is 1. The average molecular weight is 320 g/mol. The van der Waals surface area contributed by atoms with E-state index < -0.39 is 0 Å². The lowest BCUT2D eigenvalue weighted by Gasteiger charge is -2.20. The van der Waals surface area contributed by atoms with Crippen LogP contribution in [0.25, 0.3) is 0 Å². The number of aliphatic hydroxyl groups is 1. The molecule has 0 radical (unpaired) electrons. The minimum atomic E-state index is 0.102. The highest BCUT2D eigenvalue weighted by molar-refractivity contribution is 7.98. The van der Waals surface area contributed by atoms with E-state index in [1.807, 2.05) is 12.1 Å². The fourth-order valence-corrected chi connectivity index (χ4v) is 4.63. The zero-order valence-corrected chi connectivity index (χ0v) is 13.6. The Morgan fingerprint density at radius 3 is 3.05 bits per heavy atom. The third-order valence-electron chi connectivity index (χ3n) is 4.93. The molecule has 1 heterocycles. The lowest BCUT2D eigenvalue weighted by Crippen LogP contribution is -2.20. The molecule has 0 saturated heterocycles. The van der Waals surface area contributed by atoms with Gasteiger partial charge >= 0.3 is 0 Å². The first-order valence-electron chi connectivity index (χ1n) is 8.18. The summed E-state index contributed by atoms with van der Waals surface area (Å²) in [7, 11) is 0. The van der Waals surface area contributed by atoms with Gasteiger partial charge in [0.25, 0.3) is 0 Å². The Kier molecular flexibility index (Phi) is 5.37. The van der Waals surface area contributed by atoms with Gasteiger partial charge in [-0.2, -0.15) is 11.8 Å². The Balaban J connectivity index is 1.49. The standard InChI is InChI=1S/C17H24N2O2S/c20-5-6-22-11-13-3-4-18-16(9-13)19-17(21)10-15-8-12-1-2-14(15)7-12/h3-4,9,12,14-15,20H,1-2,5-8,10-11H2,(H,18,19,21). The molecule has 1 aromatic rings. The lowest BCUT2D eigenvalue weighted by atomic mass is 9.86. The third-order valence-corrected chi connectivity index (χ3v) is 5.94. The summed E-state index contributed by atoms with van der Waals surface area (Å²) in [5.74, 6) is 4.56. The van der Waals surface area contributed by atoms with Crippen LogP contribution in [0.2, 0.25) is 0 Å². The van der Waals surface area contributed by atoms with Crippen LogP contribution in [0.4, 0.5) is 5.82 Å². The fraction of sp³-hybridized carbons (Fsp3) is 0.647. The van der Waals surface area contributed by atoms with Crippen molar-refractivity contribution in [1.29, 1.82) is 0 Å². The lowest BCUT2D eigenvalue weighted by molar-refractivity contribution is -0.117. The van der Waals surface area contributed by atoms with Crippen LogP contribution in [0.5, 0.6) is 0 Å². The maximum atomic E-state index is 12.2. The molecule has 2 N–H and O–H groups in total. The molecule has 2 aliphatic rings. The number of nitrogens with zero attached hydrogens (tertiary/aromatic N) is 1. The third kappa shape index (κ3) is 4.02. The summed E-state index contributed by atoms with van der Waals surface area (Å²) < 4.78 is 0. The Labute approximate surface area is 136 Å². The second-order valence-electron chi connectivity index (χ2n) is 6.51. The number of nitrogens with one attached hydrogen (secondary N) is 1. The number of amides is 1. The molecule has 2 fully saturated rings. The number of pyridine rings is 1. The second kappa shape index (κ2) is 7.47. The zero-order valence-electron chi connectivity index (χ0n) is 12.8. The van der Waals surface area contributed by atoms with Gasteiger partial charge in [-0.25, -0.2) is 4.98 Å². The van der Waals surface area contributed by atoms with Gasteiger partial charge in [-0.1, -0.05) is 6.42 Å². The fourth-order valence-electron chi connectivity index (χ4n) is 3.95. The maximum absolute atomic E-state index is 12.2. The van der Waals surface area contributed by atoms with Gasteiger partial charge < -0.3 is 10.4 Å². The molecule has 120 valence electrons. The summed E-state index contributed by atoms with van der Waals surface area (Å²) in [4.78, 5) is 16.5. The molecule has 2 saturated carbocycles. The van der Waals surface area contributed by atoms with Crippen molar-refractivity contribution < 1.29 is 9.90 Å².